The van der Waals surface area contributed by atoms with Crippen LogP contribution in [-0.4, -0.2) is 18.5 Å². The second-order valence-electron chi connectivity index (χ2n) is 2.72. The van der Waals surface area contributed by atoms with Gasteiger partial charge in [-0.1, -0.05) is 13.8 Å². The first kappa shape index (κ1) is 10.9. The number of hydrogen-bond donors (Lipinski definition) is 0. The summed E-state index contributed by atoms with van der Waals surface area (Å²) in [7, 11) is 0. The Morgan fingerprint density at radius 3 is 2.42 bits per heavy atom. The van der Waals surface area contributed by atoms with E-state index in [2.05, 4.69) is 0 Å². The van der Waals surface area contributed by atoms with E-state index in [1.54, 1.807) is 13.8 Å². The molecule has 4 heteroatoms. The molecule has 0 saturated heterocycles. The summed E-state index contributed by atoms with van der Waals surface area (Å²) in [5, 5.41) is 10.1. The standard InChI is InChI=1S/C8H13O4/c1-3-8(11)12-5-6(2)4-7(9)10/h6H,3-5H2,1-2H3. The molecule has 1 unspecified atom stereocenters. The zero-order chi connectivity index (χ0) is 9.56. The molecular formula is C8H13O4. The Morgan fingerprint density at radius 2 is 2.00 bits per heavy atom. The lowest BCUT2D eigenvalue weighted by atomic mass is 10.1. The molecule has 0 amide bonds. The SMILES string of the molecule is CCC(=O)OCC(C)CC([O])=O. The van der Waals surface area contributed by atoms with Crippen molar-refractivity contribution in [1.82, 2.24) is 0 Å². The van der Waals surface area contributed by atoms with Gasteiger partial charge >= 0.3 is 11.9 Å². The Kier molecular flexibility index (Phi) is 5.08. The van der Waals surface area contributed by atoms with Crippen LogP contribution in [0.1, 0.15) is 26.7 Å². The van der Waals surface area contributed by atoms with Crippen LogP contribution in [0.5, 0.6) is 0 Å². The quantitative estimate of drug-likeness (QED) is 0.581. The molecule has 0 aromatic carbocycles. The maximum absolute atomic E-state index is 10.6. The van der Waals surface area contributed by atoms with Crippen molar-refractivity contribution >= 4 is 11.9 Å². The summed E-state index contributed by atoms with van der Waals surface area (Å²) in [5.41, 5.74) is 0. The van der Waals surface area contributed by atoms with E-state index in [9.17, 15) is 14.7 Å². The fourth-order valence-corrected chi connectivity index (χ4v) is 0.681. The van der Waals surface area contributed by atoms with Crippen molar-refractivity contribution in [2.75, 3.05) is 6.61 Å². The fourth-order valence-electron chi connectivity index (χ4n) is 0.681. The van der Waals surface area contributed by atoms with Gasteiger partial charge in [0, 0.05) is 12.3 Å². The largest absolute Gasteiger partial charge is 0.465 e. The summed E-state index contributed by atoms with van der Waals surface area (Å²) in [6.07, 6.45) is 0.245. The highest BCUT2D eigenvalue weighted by atomic mass is 16.5. The van der Waals surface area contributed by atoms with E-state index in [4.69, 9.17) is 4.74 Å². The molecule has 0 aliphatic rings. The van der Waals surface area contributed by atoms with Crippen LogP contribution in [0, 0.1) is 5.92 Å². The van der Waals surface area contributed by atoms with E-state index in [0.717, 1.165) is 0 Å². The maximum atomic E-state index is 10.6. The molecule has 0 spiro atoms. The maximum Gasteiger partial charge on any atom is 0.355 e. The predicted octanol–water partition coefficient (Wildman–Crippen LogP) is 0.923. The van der Waals surface area contributed by atoms with E-state index in [1.165, 1.54) is 0 Å². The molecule has 0 aliphatic carbocycles. The molecule has 0 N–H and O–H groups in total. The fraction of sp³-hybridized carbons (Fsp3) is 0.750. The summed E-state index contributed by atoms with van der Waals surface area (Å²) in [5.74, 6) is -1.60. The summed E-state index contributed by atoms with van der Waals surface area (Å²) in [6.45, 7) is 3.53. The van der Waals surface area contributed by atoms with Crippen molar-refractivity contribution in [2.24, 2.45) is 5.92 Å². The van der Waals surface area contributed by atoms with E-state index < -0.39 is 5.97 Å². The minimum absolute atomic E-state index is 0.0724. The van der Waals surface area contributed by atoms with Gasteiger partial charge in [0.2, 0.25) is 0 Å². The van der Waals surface area contributed by atoms with Crippen molar-refractivity contribution in [3.63, 3.8) is 0 Å². The van der Waals surface area contributed by atoms with Gasteiger partial charge in [-0.3, -0.25) is 4.79 Å². The zero-order valence-corrected chi connectivity index (χ0v) is 7.33. The molecule has 69 valence electrons. The van der Waals surface area contributed by atoms with Gasteiger partial charge in [0.1, 0.15) is 0 Å². The summed E-state index contributed by atoms with van der Waals surface area (Å²) in [4.78, 5) is 20.7. The van der Waals surface area contributed by atoms with Crippen LogP contribution < -0.4 is 0 Å². The lowest BCUT2D eigenvalue weighted by molar-refractivity contribution is -0.149. The van der Waals surface area contributed by atoms with Gasteiger partial charge in [0.15, 0.2) is 0 Å². The van der Waals surface area contributed by atoms with Crippen LogP contribution in [0.3, 0.4) is 0 Å². The smallest absolute Gasteiger partial charge is 0.355 e. The minimum Gasteiger partial charge on any atom is -0.465 e. The second-order valence-corrected chi connectivity index (χ2v) is 2.72. The third-order valence-corrected chi connectivity index (χ3v) is 1.33. The molecule has 0 aromatic rings. The van der Waals surface area contributed by atoms with Gasteiger partial charge in [-0.2, -0.15) is 0 Å². The third-order valence-electron chi connectivity index (χ3n) is 1.33. The van der Waals surface area contributed by atoms with E-state index in [1.807, 2.05) is 0 Å². The molecule has 0 fully saturated rings. The van der Waals surface area contributed by atoms with Gasteiger partial charge in [0.05, 0.1) is 13.0 Å². The minimum atomic E-state index is -1.12. The number of rotatable bonds is 5. The van der Waals surface area contributed by atoms with E-state index >= 15 is 0 Å². The monoisotopic (exact) mass is 173 g/mol. The average Bonchev–Trinajstić information content (AvgIpc) is 1.99. The highest BCUT2D eigenvalue weighted by Crippen LogP contribution is 2.02. The van der Waals surface area contributed by atoms with Crippen molar-refractivity contribution in [3.8, 4) is 0 Å². The zero-order valence-electron chi connectivity index (χ0n) is 7.33. The van der Waals surface area contributed by atoms with Crippen molar-refractivity contribution < 1.29 is 19.4 Å². The molecule has 1 atom stereocenters. The number of carbonyl (C=O) groups excluding carboxylic acids is 2. The highest BCUT2D eigenvalue weighted by molar-refractivity contribution is 5.69. The van der Waals surface area contributed by atoms with Crippen molar-refractivity contribution in [3.05, 3.63) is 0 Å². The molecule has 0 saturated carbocycles. The number of esters is 1. The van der Waals surface area contributed by atoms with E-state index in [0.29, 0.717) is 6.42 Å². The lowest BCUT2D eigenvalue weighted by Gasteiger charge is -2.07. The molecular weight excluding hydrogens is 160 g/mol. The predicted molar refractivity (Wildman–Crippen MR) is 40.7 cm³/mol. The third kappa shape index (κ3) is 5.70. The number of carbonyl (C=O) groups is 2. The first-order chi connectivity index (χ1) is 5.56. The van der Waals surface area contributed by atoms with Crippen LogP contribution in [0.4, 0.5) is 0 Å². The highest BCUT2D eigenvalue weighted by Gasteiger charge is 2.10. The van der Waals surface area contributed by atoms with Gasteiger partial charge in [-0.05, 0) is 0 Å². The van der Waals surface area contributed by atoms with Crippen molar-refractivity contribution in [2.45, 2.75) is 26.7 Å². The molecule has 1 radical (unpaired) electrons. The Morgan fingerprint density at radius 1 is 1.42 bits per heavy atom. The van der Waals surface area contributed by atoms with Crippen LogP contribution in [0.2, 0.25) is 0 Å². The topological polar surface area (TPSA) is 63.3 Å². The van der Waals surface area contributed by atoms with Crippen molar-refractivity contribution in [1.29, 1.82) is 0 Å². The van der Waals surface area contributed by atoms with Gasteiger partial charge in [0.25, 0.3) is 0 Å². The van der Waals surface area contributed by atoms with Crippen LogP contribution in [-0.2, 0) is 19.4 Å². The van der Waals surface area contributed by atoms with Crippen LogP contribution >= 0.6 is 0 Å². The average molecular weight is 173 g/mol. The molecule has 0 bridgehead atoms. The lowest BCUT2D eigenvalue weighted by Crippen LogP contribution is -2.13. The summed E-state index contributed by atoms with van der Waals surface area (Å²) in [6, 6.07) is 0. The molecule has 0 aliphatic heterocycles. The summed E-state index contributed by atoms with van der Waals surface area (Å²) >= 11 is 0. The molecule has 0 rings (SSSR count). The first-order valence-corrected chi connectivity index (χ1v) is 3.91. The normalized spacial score (nSPS) is 12.2. The van der Waals surface area contributed by atoms with E-state index in [-0.39, 0.29) is 24.9 Å². The molecule has 0 aromatic heterocycles. The van der Waals surface area contributed by atoms with Crippen LogP contribution in [0.15, 0.2) is 0 Å². The van der Waals surface area contributed by atoms with Gasteiger partial charge < -0.3 is 4.74 Å². The number of ether oxygens (including phenoxy) is 1. The van der Waals surface area contributed by atoms with Gasteiger partial charge in [-0.25, -0.2) is 9.90 Å². The summed E-state index contributed by atoms with van der Waals surface area (Å²) < 4.78 is 4.72. The Balaban J connectivity index is 3.50. The van der Waals surface area contributed by atoms with Gasteiger partial charge in [-0.15, -0.1) is 0 Å². The molecule has 0 heterocycles. The second kappa shape index (κ2) is 5.57. The molecule has 12 heavy (non-hydrogen) atoms. The van der Waals surface area contributed by atoms with Crippen LogP contribution in [0.25, 0.3) is 0 Å². The molecule has 4 nitrogen and oxygen atoms in total. The Hall–Kier alpha value is -1.06. The Labute approximate surface area is 71.5 Å². The number of hydrogen-bond acceptors (Lipinski definition) is 3. The Bertz CT molecular complexity index is 164. The first-order valence-electron chi connectivity index (χ1n) is 3.91.